The number of carbonyl (C=O) groups excluding carboxylic acids is 3. The summed E-state index contributed by atoms with van der Waals surface area (Å²) in [5, 5.41) is 2.96. The minimum Gasteiger partial charge on any atom is -0.476 e. The maximum atomic E-state index is 13.2. The van der Waals surface area contributed by atoms with Crippen molar-refractivity contribution in [3.63, 3.8) is 0 Å². The molecule has 2 atom stereocenters. The Morgan fingerprint density at radius 2 is 1.80 bits per heavy atom. The van der Waals surface area contributed by atoms with Crippen molar-refractivity contribution >= 4 is 23.4 Å². The molecule has 7 heteroatoms. The van der Waals surface area contributed by atoms with Crippen LogP contribution < -0.4 is 15.0 Å². The Labute approximate surface area is 177 Å². The first-order valence-corrected chi connectivity index (χ1v) is 10.9. The second-order valence-electron chi connectivity index (χ2n) is 9.36. The summed E-state index contributed by atoms with van der Waals surface area (Å²) in [4.78, 5) is 42.3. The highest BCUT2D eigenvalue weighted by molar-refractivity contribution is 6.07. The number of carbonyl (C=O) groups is 3. The Bertz CT molecular complexity index is 867. The van der Waals surface area contributed by atoms with Crippen LogP contribution in [-0.4, -0.2) is 52.9 Å². The molecule has 0 aromatic heterocycles. The predicted molar refractivity (Wildman–Crippen MR) is 114 cm³/mol. The van der Waals surface area contributed by atoms with Crippen LogP contribution in [0.1, 0.15) is 70.2 Å². The molecule has 1 saturated heterocycles. The zero-order chi connectivity index (χ0) is 21.6. The van der Waals surface area contributed by atoms with Gasteiger partial charge >= 0.3 is 0 Å². The number of hydrogen-bond donors (Lipinski definition) is 1. The molecule has 2 heterocycles. The summed E-state index contributed by atoms with van der Waals surface area (Å²) >= 11 is 0. The molecule has 0 radical (unpaired) electrons. The minimum absolute atomic E-state index is 0.0546. The summed E-state index contributed by atoms with van der Waals surface area (Å²) < 4.78 is 5.91. The quantitative estimate of drug-likeness (QED) is 0.823. The Kier molecular flexibility index (Phi) is 5.24. The number of nitrogens with zero attached hydrogens (tertiary/aromatic N) is 2. The highest BCUT2D eigenvalue weighted by Gasteiger charge is 2.43. The number of ether oxygens (including phenoxy) is 1. The maximum Gasteiger partial charge on any atom is 0.271 e. The SMILES string of the molecule is C[C@@H]1CCC[C@@H](C)N1C(=O)CN1C(=O)C(C)(C)Oc2ccc(C(=O)NC3CC3)cc21. The van der Waals surface area contributed by atoms with E-state index in [1.54, 1.807) is 32.0 Å². The average Bonchev–Trinajstić information content (AvgIpc) is 3.48. The number of piperidine rings is 1. The van der Waals surface area contributed by atoms with Gasteiger partial charge in [-0.1, -0.05) is 0 Å². The number of amides is 3. The topological polar surface area (TPSA) is 79.0 Å². The molecule has 2 aliphatic heterocycles. The molecule has 2 fully saturated rings. The molecule has 4 rings (SSSR count). The van der Waals surface area contributed by atoms with Gasteiger partial charge in [-0.25, -0.2) is 0 Å². The monoisotopic (exact) mass is 413 g/mol. The molecule has 0 spiro atoms. The van der Waals surface area contributed by atoms with Crippen molar-refractivity contribution in [3.8, 4) is 5.75 Å². The maximum absolute atomic E-state index is 13.2. The molecule has 0 bridgehead atoms. The normalized spacial score (nSPS) is 25.4. The first-order valence-electron chi connectivity index (χ1n) is 10.9. The largest absolute Gasteiger partial charge is 0.476 e. The van der Waals surface area contributed by atoms with Gasteiger partial charge in [0.15, 0.2) is 5.60 Å². The Morgan fingerprint density at radius 3 is 2.43 bits per heavy atom. The molecule has 1 saturated carbocycles. The third-order valence-electron chi connectivity index (χ3n) is 6.32. The number of nitrogens with one attached hydrogen (secondary N) is 1. The van der Waals surface area contributed by atoms with E-state index in [0.717, 1.165) is 32.1 Å². The van der Waals surface area contributed by atoms with Gasteiger partial charge in [0.05, 0.1) is 5.69 Å². The highest BCUT2D eigenvalue weighted by Crippen LogP contribution is 2.39. The summed E-state index contributed by atoms with van der Waals surface area (Å²) in [5.41, 5.74) is -0.133. The number of fused-ring (bicyclic) bond motifs is 1. The zero-order valence-corrected chi connectivity index (χ0v) is 18.2. The van der Waals surface area contributed by atoms with Crippen molar-refractivity contribution in [2.24, 2.45) is 0 Å². The molecular formula is C23H31N3O4. The summed E-state index contributed by atoms with van der Waals surface area (Å²) in [7, 11) is 0. The van der Waals surface area contributed by atoms with Gasteiger partial charge in [-0.05, 0) is 78.0 Å². The van der Waals surface area contributed by atoms with Gasteiger partial charge in [0.2, 0.25) is 5.91 Å². The van der Waals surface area contributed by atoms with Crippen LogP contribution in [0.2, 0.25) is 0 Å². The van der Waals surface area contributed by atoms with Gasteiger partial charge in [-0.15, -0.1) is 0 Å². The molecule has 1 aliphatic carbocycles. The fourth-order valence-corrected chi connectivity index (χ4v) is 4.49. The van der Waals surface area contributed by atoms with Crippen molar-refractivity contribution in [1.29, 1.82) is 0 Å². The van der Waals surface area contributed by atoms with Gasteiger partial charge in [-0.2, -0.15) is 0 Å². The Hall–Kier alpha value is -2.57. The van der Waals surface area contributed by atoms with Crippen molar-refractivity contribution < 1.29 is 19.1 Å². The van der Waals surface area contributed by atoms with E-state index in [1.807, 2.05) is 4.90 Å². The van der Waals surface area contributed by atoms with E-state index in [9.17, 15) is 14.4 Å². The fourth-order valence-electron chi connectivity index (χ4n) is 4.49. The van der Waals surface area contributed by atoms with Gasteiger partial charge in [0.1, 0.15) is 12.3 Å². The fraction of sp³-hybridized carbons (Fsp3) is 0.609. The second-order valence-corrected chi connectivity index (χ2v) is 9.36. The lowest BCUT2D eigenvalue weighted by Crippen LogP contribution is -2.57. The van der Waals surface area contributed by atoms with Crippen LogP contribution in [-0.2, 0) is 9.59 Å². The number of likely N-dealkylation sites (tertiary alicyclic amines) is 1. The van der Waals surface area contributed by atoms with Gasteiger partial charge in [0, 0.05) is 23.7 Å². The van der Waals surface area contributed by atoms with Crippen LogP contribution in [0.15, 0.2) is 18.2 Å². The number of hydrogen-bond acceptors (Lipinski definition) is 4. The van der Waals surface area contributed by atoms with E-state index in [2.05, 4.69) is 19.2 Å². The van der Waals surface area contributed by atoms with E-state index in [1.165, 1.54) is 4.90 Å². The number of benzene rings is 1. The van der Waals surface area contributed by atoms with E-state index in [-0.39, 0.29) is 42.4 Å². The van der Waals surface area contributed by atoms with Crippen molar-refractivity contribution in [2.75, 3.05) is 11.4 Å². The molecule has 0 unspecified atom stereocenters. The van der Waals surface area contributed by atoms with Crippen LogP contribution >= 0.6 is 0 Å². The van der Waals surface area contributed by atoms with Crippen LogP contribution in [0.3, 0.4) is 0 Å². The van der Waals surface area contributed by atoms with Crippen LogP contribution in [0, 0.1) is 0 Å². The third-order valence-corrected chi connectivity index (χ3v) is 6.32. The first-order chi connectivity index (χ1) is 14.2. The number of rotatable bonds is 4. The third kappa shape index (κ3) is 3.89. The zero-order valence-electron chi connectivity index (χ0n) is 18.2. The van der Waals surface area contributed by atoms with Crippen LogP contribution in [0.25, 0.3) is 0 Å². The summed E-state index contributed by atoms with van der Waals surface area (Å²) in [5.74, 6) is -0.00259. The Balaban J connectivity index is 1.63. The van der Waals surface area contributed by atoms with Gasteiger partial charge in [0.25, 0.3) is 11.8 Å². The summed E-state index contributed by atoms with van der Waals surface area (Å²) in [6.07, 6.45) is 5.05. The summed E-state index contributed by atoms with van der Waals surface area (Å²) in [6.45, 7) is 7.48. The van der Waals surface area contributed by atoms with E-state index >= 15 is 0 Å². The molecule has 7 nitrogen and oxygen atoms in total. The molecule has 30 heavy (non-hydrogen) atoms. The highest BCUT2D eigenvalue weighted by atomic mass is 16.5. The lowest BCUT2D eigenvalue weighted by molar-refractivity contribution is -0.139. The van der Waals surface area contributed by atoms with E-state index in [4.69, 9.17) is 4.74 Å². The van der Waals surface area contributed by atoms with Gasteiger partial charge < -0.3 is 15.0 Å². The Morgan fingerprint density at radius 1 is 1.13 bits per heavy atom. The number of anilines is 1. The predicted octanol–water partition coefficient (Wildman–Crippen LogP) is 2.87. The molecular weight excluding hydrogens is 382 g/mol. The standard InChI is InChI=1S/C23H31N3O4/c1-14-6-5-7-15(2)26(14)20(27)13-25-18-12-16(21(28)24-17-9-10-17)8-11-19(18)30-23(3,4)22(25)29/h8,11-12,14-15,17H,5-7,9-10,13H2,1-4H3,(H,24,28)/t14-,15-/m1/s1. The lowest BCUT2D eigenvalue weighted by Gasteiger charge is -2.42. The first kappa shape index (κ1) is 20.7. The smallest absolute Gasteiger partial charge is 0.271 e. The van der Waals surface area contributed by atoms with Crippen molar-refractivity contribution in [2.45, 2.75) is 83.5 Å². The second kappa shape index (κ2) is 7.60. The molecule has 3 amide bonds. The average molecular weight is 414 g/mol. The molecule has 1 N–H and O–H groups in total. The van der Waals surface area contributed by atoms with Crippen molar-refractivity contribution in [3.05, 3.63) is 23.8 Å². The molecule has 1 aromatic carbocycles. The molecule has 3 aliphatic rings. The van der Waals surface area contributed by atoms with E-state index < -0.39 is 5.60 Å². The summed E-state index contributed by atoms with van der Waals surface area (Å²) in [6, 6.07) is 5.63. The van der Waals surface area contributed by atoms with Crippen molar-refractivity contribution in [1.82, 2.24) is 10.2 Å². The minimum atomic E-state index is -1.08. The molecule has 162 valence electrons. The lowest BCUT2D eigenvalue weighted by atomic mass is 9.97. The van der Waals surface area contributed by atoms with Gasteiger partial charge in [-0.3, -0.25) is 19.3 Å². The van der Waals surface area contributed by atoms with E-state index in [0.29, 0.717) is 17.0 Å². The van der Waals surface area contributed by atoms with Crippen LogP contribution in [0.4, 0.5) is 5.69 Å². The van der Waals surface area contributed by atoms with Crippen LogP contribution in [0.5, 0.6) is 5.75 Å². The molecule has 1 aromatic rings.